The molecule has 4 rings (SSSR count). The second-order valence-corrected chi connectivity index (χ2v) is 8.89. The molecule has 1 atom stereocenters. The predicted octanol–water partition coefficient (Wildman–Crippen LogP) is 4.93. The Labute approximate surface area is 206 Å². The molecule has 4 heteroatoms. The summed E-state index contributed by atoms with van der Waals surface area (Å²) in [5, 5.41) is 2.93. The van der Waals surface area contributed by atoms with Crippen LogP contribution in [-0.4, -0.2) is 17.9 Å². The Morgan fingerprint density at radius 3 is 1.54 bits per heavy atom. The lowest BCUT2D eigenvalue weighted by molar-refractivity contribution is -0.127. The van der Waals surface area contributed by atoms with Crippen LogP contribution in [-0.2, 0) is 21.4 Å². The first-order chi connectivity index (χ1) is 17.0. The molecule has 0 unspecified atom stereocenters. The van der Waals surface area contributed by atoms with Gasteiger partial charge in [0.1, 0.15) is 6.04 Å². The van der Waals surface area contributed by atoms with Gasteiger partial charge < -0.3 is 11.1 Å². The monoisotopic (exact) mass is 462 g/mol. The highest BCUT2D eigenvalue weighted by Gasteiger charge is 2.39. The Morgan fingerprint density at radius 2 is 1.14 bits per heavy atom. The summed E-state index contributed by atoms with van der Waals surface area (Å²) in [6.45, 7) is 2.01. The highest BCUT2D eigenvalue weighted by Crippen LogP contribution is 2.42. The highest BCUT2D eigenvalue weighted by atomic mass is 16.2. The Bertz CT molecular complexity index is 1160. The van der Waals surface area contributed by atoms with Gasteiger partial charge in [-0.25, -0.2) is 0 Å². The zero-order chi connectivity index (χ0) is 24.7. The van der Waals surface area contributed by atoms with Crippen molar-refractivity contribution in [3.8, 4) is 0 Å². The molecule has 3 N–H and O–H groups in total. The molecular formula is C31H30N2O2. The third-order valence-corrected chi connectivity index (χ3v) is 6.46. The summed E-state index contributed by atoms with van der Waals surface area (Å²) >= 11 is 0. The van der Waals surface area contributed by atoms with Gasteiger partial charge in [0.25, 0.3) is 0 Å². The van der Waals surface area contributed by atoms with Crippen molar-refractivity contribution in [2.24, 2.45) is 5.73 Å². The zero-order valence-electron chi connectivity index (χ0n) is 19.9. The van der Waals surface area contributed by atoms with Gasteiger partial charge in [0, 0.05) is 12.8 Å². The largest absolute Gasteiger partial charge is 0.368 e. The number of hydrogen-bond acceptors (Lipinski definition) is 2. The van der Waals surface area contributed by atoms with Crippen molar-refractivity contribution in [3.63, 3.8) is 0 Å². The summed E-state index contributed by atoms with van der Waals surface area (Å²) in [4.78, 5) is 25.9. The number of carbonyl (C=O) groups excluding carboxylic acids is 2. The van der Waals surface area contributed by atoms with E-state index < -0.39 is 17.4 Å². The fourth-order valence-electron chi connectivity index (χ4n) is 4.64. The number of nitrogens with one attached hydrogen (secondary N) is 1. The molecule has 0 radical (unpaired) electrons. The predicted molar refractivity (Wildman–Crippen MR) is 140 cm³/mol. The van der Waals surface area contributed by atoms with Crippen LogP contribution in [0.25, 0.3) is 0 Å². The molecule has 0 saturated heterocycles. The third kappa shape index (κ3) is 5.49. The van der Waals surface area contributed by atoms with Crippen molar-refractivity contribution < 1.29 is 9.59 Å². The quantitative estimate of drug-likeness (QED) is 0.346. The van der Waals surface area contributed by atoms with Gasteiger partial charge in [0.15, 0.2) is 0 Å². The van der Waals surface area contributed by atoms with E-state index in [4.69, 9.17) is 5.73 Å². The first-order valence-electron chi connectivity index (χ1n) is 11.8. The van der Waals surface area contributed by atoms with E-state index in [2.05, 4.69) is 5.32 Å². The van der Waals surface area contributed by atoms with Crippen molar-refractivity contribution in [1.82, 2.24) is 5.32 Å². The van der Waals surface area contributed by atoms with Gasteiger partial charge in [0.2, 0.25) is 11.8 Å². The minimum Gasteiger partial charge on any atom is -0.368 e. The van der Waals surface area contributed by atoms with E-state index in [1.807, 2.05) is 122 Å². The Morgan fingerprint density at radius 1 is 0.714 bits per heavy atom. The number of benzene rings is 4. The van der Waals surface area contributed by atoms with Crippen LogP contribution in [0.3, 0.4) is 0 Å². The van der Waals surface area contributed by atoms with Crippen LogP contribution >= 0.6 is 0 Å². The Hall–Kier alpha value is -4.18. The normalized spacial score (nSPS) is 12.0. The fraction of sp³-hybridized carbons (Fsp3) is 0.161. The van der Waals surface area contributed by atoms with Gasteiger partial charge in [-0.3, -0.25) is 9.59 Å². The SMILES string of the molecule is Cc1ccc(C[C@@H](NC(=O)CC(c2ccccc2)(c2ccccc2)c2ccccc2)C(N)=O)cc1. The summed E-state index contributed by atoms with van der Waals surface area (Å²) < 4.78 is 0. The van der Waals surface area contributed by atoms with Gasteiger partial charge >= 0.3 is 0 Å². The molecule has 0 aromatic heterocycles. The van der Waals surface area contributed by atoms with Crippen LogP contribution < -0.4 is 11.1 Å². The van der Waals surface area contributed by atoms with Crippen molar-refractivity contribution >= 4 is 11.8 Å². The summed E-state index contributed by atoms with van der Waals surface area (Å²) in [6, 6.07) is 37.2. The van der Waals surface area contributed by atoms with Crippen LogP contribution in [0, 0.1) is 6.92 Å². The Kier molecular flexibility index (Phi) is 7.41. The van der Waals surface area contributed by atoms with Gasteiger partial charge in [0.05, 0.1) is 5.41 Å². The van der Waals surface area contributed by atoms with E-state index in [-0.39, 0.29) is 12.3 Å². The number of primary amides is 1. The van der Waals surface area contributed by atoms with E-state index >= 15 is 0 Å². The molecule has 4 aromatic carbocycles. The van der Waals surface area contributed by atoms with E-state index in [0.717, 1.165) is 27.8 Å². The number of nitrogens with two attached hydrogens (primary N) is 1. The number of aryl methyl sites for hydroxylation is 1. The molecule has 176 valence electrons. The second kappa shape index (κ2) is 10.8. The molecule has 0 aliphatic carbocycles. The molecule has 4 nitrogen and oxygen atoms in total. The van der Waals surface area contributed by atoms with Crippen molar-refractivity contribution in [2.45, 2.75) is 31.2 Å². The van der Waals surface area contributed by atoms with Crippen LogP contribution in [0.1, 0.15) is 34.2 Å². The van der Waals surface area contributed by atoms with Crippen molar-refractivity contribution in [1.29, 1.82) is 0 Å². The molecule has 35 heavy (non-hydrogen) atoms. The van der Waals surface area contributed by atoms with E-state index in [1.54, 1.807) is 0 Å². The van der Waals surface area contributed by atoms with E-state index in [1.165, 1.54) is 0 Å². The molecule has 0 aliphatic rings. The maximum absolute atomic E-state index is 13.6. The van der Waals surface area contributed by atoms with Crippen LogP contribution in [0.5, 0.6) is 0 Å². The van der Waals surface area contributed by atoms with Gasteiger partial charge in [-0.2, -0.15) is 0 Å². The lowest BCUT2D eigenvalue weighted by Crippen LogP contribution is -2.48. The molecule has 0 aliphatic heterocycles. The fourth-order valence-corrected chi connectivity index (χ4v) is 4.64. The minimum absolute atomic E-state index is 0.128. The summed E-state index contributed by atoms with van der Waals surface area (Å²) in [7, 11) is 0. The Balaban J connectivity index is 1.72. The standard InChI is InChI=1S/C31H30N2O2/c1-23-17-19-24(20-18-23)21-28(30(32)35)33-29(34)22-31(25-11-5-2-6-12-25,26-13-7-3-8-14-26)27-15-9-4-10-16-27/h2-20,28H,21-22H2,1H3,(H2,32,35)(H,33,34)/t28-/m1/s1. The second-order valence-electron chi connectivity index (χ2n) is 8.89. The van der Waals surface area contributed by atoms with E-state index in [9.17, 15) is 9.59 Å². The first kappa shape index (κ1) is 24.0. The smallest absolute Gasteiger partial charge is 0.240 e. The third-order valence-electron chi connectivity index (χ3n) is 6.46. The number of rotatable bonds is 9. The summed E-state index contributed by atoms with van der Waals surface area (Å²) in [6.07, 6.45) is 0.471. The lowest BCUT2D eigenvalue weighted by Gasteiger charge is -2.36. The van der Waals surface area contributed by atoms with E-state index in [0.29, 0.717) is 6.42 Å². The van der Waals surface area contributed by atoms with Gasteiger partial charge in [-0.1, -0.05) is 121 Å². The van der Waals surface area contributed by atoms with Crippen LogP contribution in [0.15, 0.2) is 115 Å². The topological polar surface area (TPSA) is 72.2 Å². The summed E-state index contributed by atoms with van der Waals surface area (Å²) in [5.41, 5.74) is 10.1. The molecule has 2 amide bonds. The zero-order valence-corrected chi connectivity index (χ0v) is 19.9. The molecule has 0 bridgehead atoms. The summed E-state index contributed by atoms with van der Waals surface area (Å²) in [5.74, 6) is -0.791. The molecule has 0 spiro atoms. The van der Waals surface area contributed by atoms with Crippen molar-refractivity contribution in [3.05, 3.63) is 143 Å². The minimum atomic E-state index is -0.801. The molecule has 0 saturated carbocycles. The average molecular weight is 463 g/mol. The van der Waals surface area contributed by atoms with Gasteiger partial charge in [-0.15, -0.1) is 0 Å². The van der Waals surface area contributed by atoms with Crippen molar-refractivity contribution in [2.75, 3.05) is 0 Å². The number of amides is 2. The van der Waals surface area contributed by atoms with Gasteiger partial charge in [-0.05, 0) is 29.2 Å². The molecule has 4 aromatic rings. The number of carbonyl (C=O) groups is 2. The highest BCUT2D eigenvalue weighted by molar-refractivity contribution is 5.88. The molecular weight excluding hydrogens is 432 g/mol. The lowest BCUT2D eigenvalue weighted by atomic mass is 9.67. The number of hydrogen-bond donors (Lipinski definition) is 2. The average Bonchev–Trinajstić information content (AvgIpc) is 2.89. The molecule has 0 heterocycles. The first-order valence-corrected chi connectivity index (χ1v) is 11.8. The van der Waals surface area contributed by atoms with Crippen LogP contribution in [0.4, 0.5) is 0 Å². The molecule has 0 fully saturated rings. The van der Waals surface area contributed by atoms with Crippen LogP contribution in [0.2, 0.25) is 0 Å². The maximum atomic E-state index is 13.6. The maximum Gasteiger partial charge on any atom is 0.240 e.